The lowest BCUT2D eigenvalue weighted by atomic mass is 9.96. The first-order valence-electron chi connectivity index (χ1n) is 29.8. The summed E-state index contributed by atoms with van der Waals surface area (Å²) in [4.78, 5) is 169. The number of nitrogens with zero attached hydrogens (tertiary/aromatic N) is 2. The van der Waals surface area contributed by atoms with E-state index in [0.717, 1.165) is 18.9 Å². The molecule has 12 amide bonds. The highest BCUT2D eigenvalue weighted by atomic mass is 16.3. The third-order valence-electron chi connectivity index (χ3n) is 16.0. The molecule has 86 heavy (non-hydrogen) atoms. The fourth-order valence-corrected chi connectivity index (χ4v) is 10.4. The normalized spacial score (nSPS) is 27.7. The van der Waals surface area contributed by atoms with Crippen LogP contribution in [0.1, 0.15) is 131 Å². The second kappa shape index (κ2) is 35.2. The van der Waals surface area contributed by atoms with E-state index in [4.69, 9.17) is 5.73 Å². The van der Waals surface area contributed by atoms with Crippen molar-refractivity contribution in [2.45, 2.75) is 198 Å². The van der Waals surface area contributed by atoms with Crippen molar-refractivity contribution in [3.8, 4) is 0 Å². The van der Waals surface area contributed by atoms with Crippen molar-refractivity contribution < 1.29 is 78.0 Å². The van der Waals surface area contributed by atoms with Crippen LogP contribution in [0.4, 0.5) is 0 Å². The van der Waals surface area contributed by atoms with Gasteiger partial charge in [-0.25, -0.2) is 0 Å². The number of nitrogens with one attached hydrogen (secondary N) is 9. The molecule has 28 nitrogen and oxygen atoms in total. The molecule has 13 atom stereocenters. The number of hydrogen-bond acceptors (Lipinski definition) is 16. The van der Waals surface area contributed by atoms with E-state index in [0.29, 0.717) is 37.7 Å². The minimum Gasteiger partial charge on any atom is -0.394 e. The number of rotatable bonds is 17. The minimum atomic E-state index is -2.17. The summed E-state index contributed by atoms with van der Waals surface area (Å²) in [6.45, 7) is 7.36. The number of benzene rings is 1. The molecule has 0 saturated carbocycles. The first-order valence-corrected chi connectivity index (χ1v) is 29.8. The van der Waals surface area contributed by atoms with Crippen molar-refractivity contribution in [3.63, 3.8) is 0 Å². The van der Waals surface area contributed by atoms with Crippen LogP contribution in [-0.2, 0) is 64.0 Å². The van der Waals surface area contributed by atoms with E-state index in [1.165, 1.54) is 16.7 Å². The number of nitrogens with two attached hydrogens (primary N) is 1. The van der Waals surface area contributed by atoms with Crippen LogP contribution in [0.25, 0.3) is 0 Å². The minimum absolute atomic E-state index is 0.0137. The molecule has 4 rings (SSSR count). The number of primary amides is 1. The molecule has 3 saturated heterocycles. The maximum atomic E-state index is 14.6. The van der Waals surface area contributed by atoms with E-state index in [2.05, 4.69) is 47.9 Å². The average molecular weight is 1210 g/mol. The van der Waals surface area contributed by atoms with E-state index in [-0.39, 0.29) is 45.2 Å². The molecule has 0 spiro atoms. The van der Waals surface area contributed by atoms with Crippen molar-refractivity contribution in [1.29, 1.82) is 0 Å². The summed E-state index contributed by atoms with van der Waals surface area (Å²) in [5.41, 5.74) is 5.54. The lowest BCUT2D eigenvalue weighted by Crippen LogP contribution is -2.61. The van der Waals surface area contributed by atoms with Crippen LogP contribution in [0.3, 0.4) is 0 Å². The van der Waals surface area contributed by atoms with Gasteiger partial charge >= 0.3 is 0 Å². The van der Waals surface area contributed by atoms with Gasteiger partial charge in [0.1, 0.15) is 54.0 Å². The summed E-state index contributed by atoms with van der Waals surface area (Å²) in [5, 5.41) is 66.2. The summed E-state index contributed by atoms with van der Waals surface area (Å²) < 4.78 is 0. The summed E-state index contributed by atoms with van der Waals surface area (Å²) in [7, 11) is 0. The number of fused-ring (bicyclic) bond motifs is 2. The van der Waals surface area contributed by atoms with Gasteiger partial charge in [0.2, 0.25) is 59.1 Å². The molecular weight excluding hydrogens is 1120 g/mol. The van der Waals surface area contributed by atoms with Crippen molar-refractivity contribution in [2.24, 2.45) is 17.6 Å². The Bertz CT molecular complexity index is 2570. The lowest BCUT2D eigenvalue weighted by molar-refractivity contribution is -0.144. The molecule has 0 aliphatic carbocycles. The Labute approximate surface area is 501 Å². The Hall–Kier alpha value is -7.56. The molecule has 3 aliphatic heterocycles. The quantitative estimate of drug-likeness (QED) is 0.0539. The first-order chi connectivity index (χ1) is 40.9. The van der Waals surface area contributed by atoms with E-state index in [1.54, 1.807) is 58.0 Å². The molecule has 0 radical (unpaired) electrons. The summed E-state index contributed by atoms with van der Waals surface area (Å²) in [5.74, 6) is -12.4. The molecule has 3 aliphatic rings. The topological polar surface area (TPSA) is 427 Å². The van der Waals surface area contributed by atoms with Gasteiger partial charge < -0.3 is 83.8 Å². The molecule has 1 aromatic rings. The van der Waals surface area contributed by atoms with Gasteiger partial charge in [-0.2, -0.15) is 0 Å². The van der Waals surface area contributed by atoms with E-state index in [9.17, 15) is 78.0 Å². The zero-order valence-corrected chi connectivity index (χ0v) is 50.1. The smallest absolute Gasteiger partial charge is 0.268 e. The van der Waals surface area contributed by atoms with Crippen LogP contribution in [0.2, 0.25) is 0 Å². The number of amides is 12. The zero-order chi connectivity index (χ0) is 63.8. The van der Waals surface area contributed by atoms with Crippen molar-refractivity contribution in [1.82, 2.24) is 57.7 Å². The number of carbonyl (C=O) groups excluding carboxylic acids is 12. The van der Waals surface area contributed by atoms with Gasteiger partial charge in [-0.3, -0.25) is 57.5 Å². The van der Waals surface area contributed by atoms with Crippen LogP contribution >= 0.6 is 0 Å². The summed E-state index contributed by atoms with van der Waals surface area (Å²) in [6.07, 6.45) is 0.188. The van der Waals surface area contributed by atoms with Crippen LogP contribution < -0.4 is 53.6 Å². The maximum Gasteiger partial charge on any atom is 0.268 e. The molecule has 3 heterocycles. The summed E-state index contributed by atoms with van der Waals surface area (Å²) in [6, 6.07) is -4.61. The maximum absolute atomic E-state index is 14.6. The van der Waals surface area contributed by atoms with Crippen LogP contribution in [0, 0.1) is 11.8 Å². The van der Waals surface area contributed by atoms with Crippen molar-refractivity contribution in [2.75, 3.05) is 32.8 Å². The fourth-order valence-electron chi connectivity index (χ4n) is 10.4. The Morgan fingerprint density at radius 2 is 1.22 bits per heavy atom. The van der Waals surface area contributed by atoms with Crippen LogP contribution in [-0.4, -0.2) is 201 Å². The highest BCUT2D eigenvalue weighted by Crippen LogP contribution is 2.24. The number of unbranched alkanes of at least 4 members (excludes halogenated alkanes) is 2. The van der Waals surface area contributed by atoms with Gasteiger partial charge in [0.15, 0.2) is 6.10 Å². The first kappa shape index (κ1) is 70.9. The Morgan fingerprint density at radius 3 is 1.83 bits per heavy atom. The Morgan fingerprint density at radius 1 is 0.663 bits per heavy atom. The average Bonchev–Trinajstić information content (AvgIpc) is 2.99. The number of aliphatic hydroxyl groups excluding tert-OH is 4. The Kier molecular flexibility index (Phi) is 29.0. The number of allylic oxidation sites excluding steroid dienone is 1. The Balaban J connectivity index is 1.77. The number of hydrogen-bond donors (Lipinski definition) is 14. The van der Waals surface area contributed by atoms with Gasteiger partial charge in [-0.05, 0) is 69.3 Å². The zero-order valence-electron chi connectivity index (χ0n) is 50.1. The van der Waals surface area contributed by atoms with Gasteiger partial charge in [-0.15, -0.1) is 0 Å². The number of carbonyl (C=O) groups is 12. The summed E-state index contributed by atoms with van der Waals surface area (Å²) >= 11 is 0. The number of aliphatic hydroxyl groups is 4. The predicted octanol–water partition coefficient (Wildman–Crippen LogP) is -3.21. The van der Waals surface area contributed by atoms with Gasteiger partial charge in [-0.1, -0.05) is 103 Å². The standard InChI is InChI=1S/C58H90N12O16/c1-7-11-13-20-35(73)28-38-48(76)57(85)62-37(23-24-44(59)74)49(77)60-29-45(75)69-25-16-21-42(69)54(82)64-39(27-34-18-14-12-15-19-34)51(79)67-46(32(5)8-2)56(84)66-40(30-71)52(80)61-36(10-4)50(78)65-41(31-72)53(81)68-47(33(6)9-3)58(86)70-26-17-22-43(70)55(83)63-38/h10,12,14-15,18-19,32-33,35,37-43,46-48,71-73,76H,7-9,11,13,16-17,20-31H2,1-6H3,(H2,59,74)(H,60,77)(H,61,80)(H,62,85)(H,63,83)(H,64,82)(H,65,78)(H,66,84)(H,67,79)(H,68,81)/b36-10-/t32-,33-,35?,37+,38?,39-,40-,41-,42-,43-,46+,47+,48?/m0/s1. The molecule has 0 aromatic heterocycles. The van der Waals surface area contributed by atoms with Gasteiger partial charge in [0.05, 0.1) is 31.9 Å². The van der Waals surface area contributed by atoms with Crippen LogP contribution in [0.5, 0.6) is 0 Å². The second-order valence-electron chi connectivity index (χ2n) is 22.3. The van der Waals surface area contributed by atoms with Crippen molar-refractivity contribution >= 4 is 70.9 Å². The molecule has 15 N–H and O–H groups in total. The largest absolute Gasteiger partial charge is 0.394 e. The highest BCUT2D eigenvalue weighted by molar-refractivity contribution is 6.03. The lowest BCUT2D eigenvalue weighted by Gasteiger charge is -2.33. The fraction of sp³-hybridized carbons (Fsp3) is 0.655. The SMILES string of the molecule is C/C=C1\NC(=O)[C@H](CO)NC(=O)[C@@H]([C@@H](C)CC)NC(=O)[C@H](Cc2ccccc2)NC(=O)[C@@H]2CCCN2C(=O)CNC(=O)[C@@H](CCC(N)=O)NC(=O)C(O)C(CC(O)CCCCC)NC(=O)[C@@H]2CCCN2C(=O)[C@@H]([C@@H](C)CC)NC(=O)[C@H](CO)NC1=O. The predicted molar refractivity (Wildman–Crippen MR) is 310 cm³/mol. The van der Waals surface area contributed by atoms with Gasteiger partial charge in [0, 0.05) is 25.9 Å². The van der Waals surface area contributed by atoms with E-state index >= 15 is 0 Å². The molecule has 0 bridgehead atoms. The third kappa shape index (κ3) is 20.6. The molecule has 28 heteroatoms. The molecule has 3 unspecified atom stereocenters. The highest BCUT2D eigenvalue weighted by Gasteiger charge is 2.43. The van der Waals surface area contributed by atoms with E-state index in [1.807, 2.05) is 6.92 Å². The van der Waals surface area contributed by atoms with Gasteiger partial charge in [0.25, 0.3) is 11.8 Å². The monoisotopic (exact) mass is 1210 g/mol. The van der Waals surface area contributed by atoms with Crippen LogP contribution in [0.15, 0.2) is 42.1 Å². The molecular formula is C58H90N12O16. The molecule has 478 valence electrons. The second-order valence-corrected chi connectivity index (χ2v) is 22.3. The third-order valence-corrected chi connectivity index (χ3v) is 16.0. The van der Waals surface area contributed by atoms with Crippen molar-refractivity contribution in [3.05, 3.63) is 47.7 Å². The van der Waals surface area contributed by atoms with E-state index < -0.39 is 188 Å². The molecule has 1 aromatic carbocycles. The molecule has 3 fully saturated rings.